The van der Waals surface area contributed by atoms with Gasteiger partial charge in [-0.25, -0.2) is 0 Å². The first-order chi connectivity index (χ1) is 34.0. The molecule has 0 heterocycles. The van der Waals surface area contributed by atoms with E-state index >= 15 is 0 Å². The third-order valence-electron chi connectivity index (χ3n) is 11.9. The molecule has 0 bridgehead atoms. The van der Waals surface area contributed by atoms with Gasteiger partial charge in [0, 0.05) is 236 Å². The molecule has 7 nitrogen and oxygen atoms in total. The van der Waals surface area contributed by atoms with Crippen LogP contribution in [0.1, 0.15) is 13.0 Å². The van der Waals surface area contributed by atoms with Gasteiger partial charge >= 0.3 is 0 Å². The van der Waals surface area contributed by atoms with Crippen LogP contribution in [0.4, 0.5) is 39.8 Å². The summed E-state index contributed by atoms with van der Waals surface area (Å²) in [5.41, 5.74) is 58.2. The molecule has 0 saturated carbocycles. The van der Waals surface area contributed by atoms with Crippen molar-refractivity contribution >= 4 is 61.4 Å². The summed E-state index contributed by atoms with van der Waals surface area (Å²) in [6, 6.07) is 81.4. The normalized spacial score (nSPS) is 8.83. The quantitative estimate of drug-likeness (QED) is 0.0508. The van der Waals surface area contributed by atoms with E-state index in [4.69, 9.17) is 40.1 Å². The summed E-state index contributed by atoms with van der Waals surface area (Å²) in [4.78, 5) is 0. The van der Waals surface area contributed by atoms with Gasteiger partial charge in [-0.2, -0.15) is 0 Å². The van der Waals surface area contributed by atoms with E-state index in [1.54, 1.807) is 24.3 Å². The van der Waals surface area contributed by atoms with Crippen LogP contribution in [0.5, 0.6) is 0 Å². The van der Waals surface area contributed by atoms with Crippen LogP contribution in [-0.2, 0) is 196 Å². The number of aryl methyl sites for hydroxylation is 1. The number of benzene rings is 11. The maximum absolute atomic E-state index is 5.93. The summed E-state index contributed by atoms with van der Waals surface area (Å²) in [5, 5.41) is 4.94. The van der Waals surface area contributed by atoms with Gasteiger partial charge in [-0.3, -0.25) is 0 Å². The monoisotopic (exact) mass is 1550 g/mol. The van der Waals surface area contributed by atoms with Crippen molar-refractivity contribution in [1.82, 2.24) is 0 Å². The first kappa shape index (κ1) is 91.3. The minimum absolute atomic E-state index is 0. The number of fused-ring (bicyclic) bond motifs is 2. The molecule has 418 valence electrons. The summed E-state index contributed by atoms with van der Waals surface area (Å²) < 4.78 is 0. The van der Waals surface area contributed by atoms with E-state index in [1.807, 2.05) is 84.9 Å². The maximum atomic E-state index is 5.93. The van der Waals surface area contributed by atoms with Crippen LogP contribution in [0.2, 0.25) is 0 Å². The summed E-state index contributed by atoms with van der Waals surface area (Å²) in [6.07, 6.45) is 0. The van der Waals surface area contributed by atoms with Crippen LogP contribution < -0.4 is 40.1 Å². The zero-order valence-electron chi connectivity index (χ0n) is 48.6. The van der Waals surface area contributed by atoms with Gasteiger partial charge in [0.05, 0.1) is 0 Å². The second-order valence-corrected chi connectivity index (χ2v) is 17.1. The molecule has 0 aromatic heterocycles. The van der Waals surface area contributed by atoms with Gasteiger partial charge in [0.2, 0.25) is 0 Å². The van der Waals surface area contributed by atoms with Crippen LogP contribution in [0.25, 0.3) is 77.2 Å². The maximum Gasteiger partial charge on any atom is 0.0315 e. The van der Waals surface area contributed by atoms with Gasteiger partial charge < -0.3 is 84.7 Å². The predicted octanol–water partition coefficient (Wildman–Crippen LogP) is 18.1. The number of hydrogen-bond donors (Lipinski definition) is 7. The van der Waals surface area contributed by atoms with Crippen LogP contribution in [-0.4, -0.2) is 0 Å². The van der Waals surface area contributed by atoms with E-state index in [-0.39, 0.29) is 248 Å². The van der Waals surface area contributed by atoms with E-state index in [2.05, 4.69) is 140 Å². The molecule has 0 amide bonds. The minimum Gasteiger partial charge on any atom is -0.399 e. The Bertz CT molecular complexity index is 3170. The van der Waals surface area contributed by atoms with E-state index in [9.17, 15) is 0 Å². The molecule has 0 aliphatic rings. The number of rotatable bonds is 5. The van der Waals surface area contributed by atoms with Gasteiger partial charge in [0.15, 0.2) is 0 Å². The first-order valence-corrected chi connectivity index (χ1v) is 23.0. The molecule has 0 saturated heterocycles. The molecule has 83 heavy (non-hydrogen) atoms. The second kappa shape index (κ2) is 45.4. The van der Waals surface area contributed by atoms with Crippen molar-refractivity contribution in [2.75, 3.05) is 40.1 Å². The largest absolute Gasteiger partial charge is 0.399 e. The Morgan fingerprint density at radius 1 is 0.193 bits per heavy atom. The van der Waals surface area contributed by atoms with Crippen LogP contribution >= 0.6 is 0 Å². The first-order valence-electron chi connectivity index (χ1n) is 23.0. The van der Waals surface area contributed by atoms with Gasteiger partial charge in [-0.05, 0) is 169 Å². The third kappa shape index (κ3) is 25.8. The molecular weight excluding hydrogens is 1470 g/mol. The van der Waals surface area contributed by atoms with Crippen molar-refractivity contribution in [3.8, 4) is 55.6 Å². The Balaban J connectivity index is -0.000000242. The molecule has 11 rings (SSSR count). The Labute approximate surface area is 650 Å². The average Bonchev–Trinajstić information content (AvgIpc) is 3.39. The molecule has 11 aromatic carbocycles. The molecule has 0 aliphatic carbocycles. The average molecular weight is 1550 g/mol. The Kier molecular flexibility index (Phi) is 50.0. The molecule has 13 heteroatoms. The molecule has 11 aromatic rings. The van der Waals surface area contributed by atoms with E-state index in [0.717, 1.165) is 50.9 Å². The molecule has 0 fully saturated rings. The zero-order chi connectivity index (χ0) is 49.0. The van der Waals surface area contributed by atoms with Crippen LogP contribution in [0.15, 0.2) is 243 Å². The van der Waals surface area contributed by atoms with Crippen molar-refractivity contribution in [3.63, 3.8) is 0 Å². The van der Waals surface area contributed by atoms with E-state index in [0.29, 0.717) is 0 Å². The second-order valence-electron chi connectivity index (χ2n) is 17.1. The summed E-state index contributed by atoms with van der Waals surface area (Å²) in [6.45, 7) is 2.11. The zero-order valence-corrected chi connectivity index (χ0v) is 65.6. The number of nitrogen functional groups attached to an aromatic ring is 7. The Morgan fingerprint density at radius 3 is 0.506 bits per heavy atom. The fourth-order valence-electron chi connectivity index (χ4n) is 8.17. The molecule has 0 spiro atoms. The van der Waals surface area contributed by atoms with Crippen molar-refractivity contribution in [2.24, 2.45) is 0 Å². The molecule has 0 unspecified atom stereocenters. The van der Waals surface area contributed by atoms with Crippen molar-refractivity contribution < 1.29 is 196 Å². The number of anilines is 7. The van der Waals surface area contributed by atoms with Crippen molar-refractivity contribution in [3.05, 3.63) is 293 Å². The van der Waals surface area contributed by atoms with Gasteiger partial charge in [0.1, 0.15) is 0 Å². The number of nitrogens with two attached hydrogens (primary N) is 7. The fourth-order valence-corrected chi connectivity index (χ4v) is 8.17. The van der Waals surface area contributed by atoms with Gasteiger partial charge in [0.25, 0.3) is 0 Å². The van der Waals surface area contributed by atoms with E-state index < -0.39 is 0 Å². The standard InChI is InChI=1S/C26H20N2.C19H17N.C12H12N2.C6H8N2.CH4.6CH3.6Y/c27-19-13-9-17(10-14-19)25-21-5-1-2-6-22(21)26(18-11-15-20(28)16-12-18)24-8-4-3-7-23(24)25;1-14-2-4-15(5-3-14)16-6-8-17(9-7-16)18-10-12-19(20)13-11-18;13-11-5-1-9(2-6-11)10-3-7-12(14)8-4-10;7-5-1-2-6(8)4-3-5;;;;;;;;;;;;;/h1-16H,27-28H2;2-13H,20H2,1H3;1-8H,13-14H2;1-4H,7-8H2;1H4;6*1H3;;;;;;/q;;;;;6*-1;;;;;;. The summed E-state index contributed by atoms with van der Waals surface area (Å²) >= 11 is 0. The SMILES string of the molecule is C.Cc1ccc(-c2ccc(-c3ccc(N)cc3)cc2)cc1.Nc1ccc(-c2c3ccccc3c(-c3ccc(N)cc3)c3ccccc23)cc1.Nc1ccc(-c2ccc(N)cc2)cc1.Nc1ccc(N)cc1.[CH3-].[CH3-].[CH3-].[CH3-].[CH3-].[CH3-].[Y].[Y].[Y].[Y].[Y].[Y]. The molecule has 14 N–H and O–H groups in total. The minimum atomic E-state index is 0. The fraction of sp³-hybridized carbons (Fsp3) is 0.0286. The molecule has 0 atom stereocenters. The van der Waals surface area contributed by atoms with Crippen molar-refractivity contribution in [1.29, 1.82) is 0 Å². The molecule has 0 aliphatic heterocycles. The predicted molar refractivity (Wildman–Crippen MR) is 349 cm³/mol. The molecule has 6 radical (unpaired) electrons. The Morgan fingerprint density at radius 2 is 0.325 bits per heavy atom. The van der Waals surface area contributed by atoms with Gasteiger partial charge in [-0.1, -0.05) is 171 Å². The Hall–Kier alpha value is -2.84. The smallest absolute Gasteiger partial charge is 0.0315 e. The summed E-state index contributed by atoms with van der Waals surface area (Å²) in [5.74, 6) is 0. The topological polar surface area (TPSA) is 182 Å². The number of hydrogen-bond acceptors (Lipinski definition) is 7. The van der Waals surface area contributed by atoms with Crippen molar-refractivity contribution in [2.45, 2.75) is 14.4 Å². The van der Waals surface area contributed by atoms with Crippen LogP contribution in [0.3, 0.4) is 0 Å². The van der Waals surface area contributed by atoms with Crippen LogP contribution in [0, 0.1) is 51.5 Å². The van der Waals surface area contributed by atoms with E-state index in [1.165, 1.54) is 71.6 Å². The summed E-state index contributed by atoms with van der Waals surface area (Å²) in [7, 11) is 0. The molecular formula is C70H79N7Y6-6. The van der Waals surface area contributed by atoms with Gasteiger partial charge in [-0.15, -0.1) is 0 Å². The third-order valence-corrected chi connectivity index (χ3v) is 11.9.